The molecule has 1 aliphatic rings. The second kappa shape index (κ2) is 4.90. The van der Waals surface area contributed by atoms with E-state index in [4.69, 9.17) is 5.10 Å². The molecule has 3 nitrogen and oxygen atoms in total. The number of rotatable bonds is 1. The van der Waals surface area contributed by atoms with E-state index in [1.54, 1.807) is 0 Å². The van der Waals surface area contributed by atoms with Crippen molar-refractivity contribution in [1.29, 1.82) is 0 Å². The zero-order valence-corrected chi connectivity index (χ0v) is 13.7. The van der Waals surface area contributed by atoms with Crippen molar-refractivity contribution in [3.8, 4) is 0 Å². The van der Waals surface area contributed by atoms with Gasteiger partial charge in [0.25, 0.3) is 0 Å². The van der Waals surface area contributed by atoms with Crippen molar-refractivity contribution < 1.29 is 0 Å². The van der Waals surface area contributed by atoms with Gasteiger partial charge >= 0.3 is 0 Å². The summed E-state index contributed by atoms with van der Waals surface area (Å²) in [5, 5.41) is 8.22. The molecule has 1 aliphatic heterocycles. The van der Waals surface area contributed by atoms with Gasteiger partial charge in [0.1, 0.15) is 5.82 Å². The van der Waals surface area contributed by atoms with Gasteiger partial charge in [-0.15, -0.1) is 0 Å². The molecular weight excluding hydrogens is 258 g/mol. The van der Waals surface area contributed by atoms with E-state index in [-0.39, 0.29) is 5.41 Å². The Labute approximate surface area is 127 Å². The second-order valence-electron chi connectivity index (χ2n) is 7.11. The quantitative estimate of drug-likeness (QED) is 0.850. The molecule has 3 heteroatoms. The Morgan fingerprint density at radius 1 is 1.14 bits per heavy atom. The summed E-state index contributed by atoms with van der Waals surface area (Å²) < 4.78 is 2.17. The van der Waals surface area contributed by atoms with Gasteiger partial charge in [-0.1, -0.05) is 45.0 Å². The summed E-state index contributed by atoms with van der Waals surface area (Å²) >= 11 is 0. The lowest BCUT2D eigenvalue weighted by molar-refractivity contribution is 0.479. The van der Waals surface area contributed by atoms with Crippen LogP contribution in [0.25, 0.3) is 0 Å². The smallest absolute Gasteiger partial charge is 0.128 e. The topological polar surface area (TPSA) is 29.9 Å². The van der Waals surface area contributed by atoms with Gasteiger partial charge in [0.2, 0.25) is 0 Å². The minimum absolute atomic E-state index is 0.205. The maximum Gasteiger partial charge on any atom is 0.128 e. The summed E-state index contributed by atoms with van der Waals surface area (Å²) in [7, 11) is 0. The number of fused-ring (bicyclic) bond motifs is 1. The molecule has 3 rings (SSSR count). The molecule has 2 aromatic rings. The largest absolute Gasteiger partial charge is 0.370 e. The molecule has 0 saturated heterocycles. The fourth-order valence-electron chi connectivity index (χ4n) is 3.03. The van der Waals surface area contributed by atoms with Crippen molar-refractivity contribution >= 4 is 5.82 Å². The van der Waals surface area contributed by atoms with Crippen LogP contribution in [0.2, 0.25) is 0 Å². The van der Waals surface area contributed by atoms with Gasteiger partial charge < -0.3 is 5.32 Å². The second-order valence-corrected chi connectivity index (χ2v) is 7.11. The van der Waals surface area contributed by atoms with Crippen LogP contribution in [0.3, 0.4) is 0 Å². The van der Waals surface area contributed by atoms with E-state index in [0.29, 0.717) is 6.04 Å². The monoisotopic (exact) mass is 283 g/mol. The lowest BCUT2D eigenvalue weighted by Crippen LogP contribution is -2.24. The van der Waals surface area contributed by atoms with E-state index in [1.165, 1.54) is 22.5 Å². The van der Waals surface area contributed by atoms with Gasteiger partial charge in [-0.05, 0) is 36.8 Å². The lowest BCUT2D eigenvalue weighted by atomic mass is 9.86. The fraction of sp³-hybridized carbons (Fsp3) is 0.500. The average molecular weight is 283 g/mol. The Kier molecular flexibility index (Phi) is 3.31. The highest BCUT2D eigenvalue weighted by Gasteiger charge is 2.25. The normalized spacial score (nSPS) is 18.2. The van der Waals surface area contributed by atoms with Crippen LogP contribution in [0.15, 0.2) is 24.3 Å². The number of aromatic nitrogens is 2. The van der Waals surface area contributed by atoms with Gasteiger partial charge in [0.15, 0.2) is 0 Å². The van der Waals surface area contributed by atoms with Crippen LogP contribution in [-0.4, -0.2) is 16.3 Å². The molecule has 0 amide bonds. The van der Waals surface area contributed by atoms with Crippen molar-refractivity contribution in [3.05, 3.63) is 46.6 Å². The first kappa shape index (κ1) is 14.2. The van der Waals surface area contributed by atoms with Crippen molar-refractivity contribution in [3.63, 3.8) is 0 Å². The Morgan fingerprint density at radius 3 is 2.43 bits per heavy atom. The summed E-state index contributed by atoms with van der Waals surface area (Å²) in [4.78, 5) is 0. The van der Waals surface area contributed by atoms with Crippen LogP contribution in [-0.2, 0) is 5.41 Å². The number of aryl methyl sites for hydroxylation is 1. The van der Waals surface area contributed by atoms with E-state index in [0.717, 1.165) is 18.7 Å². The molecule has 1 atom stereocenters. The van der Waals surface area contributed by atoms with Gasteiger partial charge in [-0.25, -0.2) is 4.68 Å². The molecule has 112 valence electrons. The Morgan fingerprint density at radius 2 is 1.81 bits per heavy atom. The van der Waals surface area contributed by atoms with Gasteiger partial charge in [-0.3, -0.25) is 0 Å². The maximum atomic E-state index is 4.73. The molecular formula is C18H25N3. The van der Waals surface area contributed by atoms with Crippen LogP contribution in [0.4, 0.5) is 5.82 Å². The molecule has 1 aromatic heterocycles. The molecule has 1 aromatic carbocycles. The number of hydrogen-bond donors (Lipinski definition) is 1. The molecule has 0 bridgehead atoms. The van der Waals surface area contributed by atoms with Crippen LogP contribution >= 0.6 is 0 Å². The number of hydrogen-bond acceptors (Lipinski definition) is 2. The van der Waals surface area contributed by atoms with Crippen molar-refractivity contribution in [2.24, 2.45) is 0 Å². The molecule has 0 aliphatic carbocycles. The average Bonchev–Trinajstić information content (AvgIpc) is 2.74. The van der Waals surface area contributed by atoms with Gasteiger partial charge in [0.05, 0.1) is 11.7 Å². The maximum absolute atomic E-state index is 4.73. The summed E-state index contributed by atoms with van der Waals surface area (Å²) in [5.74, 6) is 1.18. The number of anilines is 1. The Hall–Kier alpha value is -1.77. The summed E-state index contributed by atoms with van der Waals surface area (Å²) in [5.41, 5.74) is 5.33. The predicted octanol–water partition coefficient (Wildman–Crippen LogP) is 4.20. The number of nitrogens with one attached hydrogen (secondary N) is 1. The summed E-state index contributed by atoms with van der Waals surface area (Å²) in [6, 6.07) is 9.42. The minimum atomic E-state index is 0.205. The van der Waals surface area contributed by atoms with Crippen LogP contribution in [0.5, 0.6) is 0 Å². The summed E-state index contributed by atoms with van der Waals surface area (Å²) in [6.07, 6.45) is 1.09. The third-order valence-corrected chi connectivity index (χ3v) is 4.55. The molecule has 1 N–H and O–H groups in total. The van der Waals surface area contributed by atoms with E-state index in [1.807, 2.05) is 0 Å². The third kappa shape index (κ3) is 2.45. The molecule has 0 saturated carbocycles. The van der Waals surface area contributed by atoms with Gasteiger partial charge in [0, 0.05) is 12.1 Å². The molecule has 0 radical (unpaired) electrons. The highest BCUT2D eigenvalue weighted by atomic mass is 15.4. The minimum Gasteiger partial charge on any atom is -0.370 e. The predicted molar refractivity (Wildman–Crippen MR) is 88.1 cm³/mol. The Balaban J connectivity index is 1.97. The van der Waals surface area contributed by atoms with Crippen LogP contribution < -0.4 is 5.32 Å². The molecule has 0 fully saturated rings. The van der Waals surface area contributed by atoms with Crippen LogP contribution in [0, 0.1) is 13.8 Å². The zero-order chi connectivity index (χ0) is 15.2. The Bertz CT molecular complexity index is 644. The third-order valence-electron chi connectivity index (χ3n) is 4.55. The highest BCUT2D eigenvalue weighted by molar-refractivity contribution is 5.49. The van der Waals surface area contributed by atoms with Crippen molar-refractivity contribution in [2.45, 2.75) is 52.5 Å². The molecule has 1 unspecified atom stereocenters. The van der Waals surface area contributed by atoms with Crippen molar-refractivity contribution in [2.75, 3.05) is 11.9 Å². The summed E-state index contributed by atoms with van der Waals surface area (Å²) in [6.45, 7) is 12.0. The first-order chi connectivity index (χ1) is 9.88. The van der Waals surface area contributed by atoms with Gasteiger partial charge in [-0.2, -0.15) is 5.10 Å². The number of benzene rings is 1. The standard InChI is InChI=1S/C18H25N3/c1-12-13(2)20-21-16(10-11-19-17(12)21)14-6-8-15(9-7-14)18(3,4)5/h6-9,16,19H,10-11H2,1-5H3. The van der Waals surface area contributed by atoms with Crippen molar-refractivity contribution in [1.82, 2.24) is 9.78 Å². The number of nitrogens with zero attached hydrogens (tertiary/aromatic N) is 2. The molecule has 21 heavy (non-hydrogen) atoms. The fourth-order valence-corrected chi connectivity index (χ4v) is 3.03. The van der Waals surface area contributed by atoms with Crippen LogP contribution in [0.1, 0.15) is 55.6 Å². The van der Waals surface area contributed by atoms with E-state index in [2.05, 4.69) is 68.9 Å². The SMILES string of the molecule is Cc1nn2c(c1C)NCCC2c1ccc(C(C)(C)C)cc1. The lowest BCUT2D eigenvalue weighted by Gasteiger charge is -2.27. The van der Waals surface area contributed by atoms with E-state index >= 15 is 0 Å². The molecule has 0 spiro atoms. The molecule has 2 heterocycles. The first-order valence-electron chi connectivity index (χ1n) is 7.78. The van der Waals surface area contributed by atoms with E-state index in [9.17, 15) is 0 Å². The van der Waals surface area contributed by atoms with E-state index < -0.39 is 0 Å². The first-order valence-corrected chi connectivity index (χ1v) is 7.78. The zero-order valence-electron chi connectivity index (χ0n) is 13.7. The highest BCUT2D eigenvalue weighted by Crippen LogP contribution is 2.33.